The number of nitriles is 1. The zero-order chi connectivity index (χ0) is 12.4. The van der Waals surface area contributed by atoms with Gasteiger partial charge in [-0.15, -0.1) is 0 Å². The maximum atomic E-state index is 10.9. The van der Waals surface area contributed by atoms with Gasteiger partial charge in [0.05, 0.1) is 17.6 Å². The van der Waals surface area contributed by atoms with Gasteiger partial charge in [0.15, 0.2) is 0 Å². The first-order valence-corrected chi connectivity index (χ1v) is 4.89. The Morgan fingerprint density at radius 1 is 1.65 bits per heavy atom. The summed E-state index contributed by atoms with van der Waals surface area (Å²) in [7, 11) is 0. The van der Waals surface area contributed by atoms with Crippen LogP contribution >= 0.6 is 0 Å². The molecule has 0 bridgehead atoms. The van der Waals surface area contributed by atoms with Crippen LogP contribution in [0.2, 0.25) is 0 Å². The van der Waals surface area contributed by atoms with Crippen molar-refractivity contribution in [1.29, 1.82) is 5.26 Å². The van der Waals surface area contributed by atoms with Gasteiger partial charge in [-0.1, -0.05) is 6.07 Å². The largest absolute Gasteiger partial charge is 0.389 e. The molecule has 0 amide bonds. The number of rotatable bonds is 2. The number of β-amino-alcohol motifs (C(OH)–C–C–N with tert-alkyl or cyclic N) is 1. The Morgan fingerprint density at radius 3 is 2.94 bits per heavy atom. The van der Waals surface area contributed by atoms with E-state index in [0.717, 1.165) is 0 Å². The van der Waals surface area contributed by atoms with Crippen molar-refractivity contribution in [2.24, 2.45) is 0 Å². The number of aliphatic hydroxyl groups is 1. The van der Waals surface area contributed by atoms with Gasteiger partial charge in [-0.25, -0.2) is 5.06 Å². The average molecular weight is 235 g/mol. The molecule has 1 aromatic carbocycles. The summed E-state index contributed by atoms with van der Waals surface area (Å²) in [4.78, 5) is 15.4. The fraction of sp³-hybridized carbons (Fsp3) is 0.300. The number of hydrogen-bond donors (Lipinski definition) is 1. The SMILES string of the molecule is N#Cc1cccc(N2CC(O)CO2)c1[N+](=O)[O-]. The van der Waals surface area contributed by atoms with Crippen molar-refractivity contribution in [2.45, 2.75) is 6.10 Å². The molecule has 7 nitrogen and oxygen atoms in total. The molecule has 17 heavy (non-hydrogen) atoms. The number of hydroxylamine groups is 1. The molecule has 0 spiro atoms. The summed E-state index contributed by atoms with van der Waals surface area (Å²) < 4.78 is 0. The minimum Gasteiger partial charge on any atom is -0.389 e. The molecular formula is C10H9N3O4. The zero-order valence-electron chi connectivity index (χ0n) is 8.74. The van der Waals surface area contributed by atoms with Crippen molar-refractivity contribution in [3.05, 3.63) is 33.9 Å². The van der Waals surface area contributed by atoms with Crippen LogP contribution in [0.5, 0.6) is 0 Å². The van der Waals surface area contributed by atoms with Gasteiger partial charge in [0, 0.05) is 0 Å². The molecule has 1 unspecified atom stereocenters. The van der Waals surface area contributed by atoms with Crippen molar-refractivity contribution in [3.63, 3.8) is 0 Å². The van der Waals surface area contributed by atoms with Crippen molar-refractivity contribution < 1.29 is 14.9 Å². The Labute approximate surface area is 96.6 Å². The first-order valence-electron chi connectivity index (χ1n) is 4.89. The molecule has 1 atom stereocenters. The lowest BCUT2D eigenvalue weighted by Gasteiger charge is -2.15. The number of nitrogens with zero attached hydrogens (tertiary/aromatic N) is 3. The summed E-state index contributed by atoms with van der Waals surface area (Å²) in [5.41, 5.74) is -0.146. The van der Waals surface area contributed by atoms with Gasteiger partial charge in [-0.05, 0) is 12.1 Å². The molecule has 1 aromatic rings. The Hall–Kier alpha value is -2.17. The summed E-state index contributed by atoms with van der Waals surface area (Å²) in [6, 6.07) is 6.15. The maximum absolute atomic E-state index is 10.9. The highest BCUT2D eigenvalue weighted by atomic mass is 16.7. The van der Waals surface area contributed by atoms with Crippen LogP contribution in [0.4, 0.5) is 11.4 Å². The molecular weight excluding hydrogens is 226 g/mol. The number of aliphatic hydroxyl groups excluding tert-OH is 1. The van der Waals surface area contributed by atoms with E-state index in [-0.39, 0.29) is 30.1 Å². The topological polar surface area (TPSA) is 99.6 Å². The molecule has 1 heterocycles. The van der Waals surface area contributed by atoms with Crippen LogP contribution in [0, 0.1) is 21.4 Å². The van der Waals surface area contributed by atoms with Crippen LogP contribution < -0.4 is 5.06 Å². The number of anilines is 1. The van der Waals surface area contributed by atoms with Crippen LogP contribution in [-0.2, 0) is 4.84 Å². The highest BCUT2D eigenvalue weighted by molar-refractivity contribution is 5.69. The van der Waals surface area contributed by atoms with Crippen LogP contribution in [0.1, 0.15) is 5.56 Å². The molecule has 1 aliphatic rings. The molecule has 2 rings (SSSR count). The van der Waals surface area contributed by atoms with Gasteiger partial charge in [-0.3, -0.25) is 15.0 Å². The third-order valence-corrected chi connectivity index (χ3v) is 2.39. The van der Waals surface area contributed by atoms with Gasteiger partial charge in [0.2, 0.25) is 0 Å². The Balaban J connectivity index is 2.47. The second-order valence-electron chi connectivity index (χ2n) is 3.55. The number of para-hydroxylation sites is 1. The first kappa shape index (κ1) is 11.3. The summed E-state index contributed by atoms with van der Waals surface area (Å²) in [5.74, 6) is 0. The summed E-state index contributed by atoms with van der Waals surface area (Å²) in [5, 5.41) is 30.3. The number of benzene rings is 1. The lowest BCUT2D eigenvalue weighted by atomic mass is 10.1. The quantitative estimate of drug-likeness (QED) is 0.594. The third kappa shape index (κ3) is 2.04. The van der Waals surface area contributed by atoms with Gasteiger partial charge < -0.3 is 5.11 Å². The van der Waals surface area contributed by atoms with E-state index in [1.54, 1.807) is 6.07 Å². The van der Waals surface area contributed by atoms with E-state index in [4.69, 9.17) is 10.1 Å². The van der Waals surface area contributed by atoms with Crippen LogP contribution in [0.15, 0.2) is 18.2 Å². The van der Waals surface area contributed by atoms with E-state index in [0.29, 0.717) is 0 Å². The molecule has 1 saturated heterocycles. The summed E-state index contributed by atoms with van der Waals surface area (Å²) in [6.45, 7) is 0.240. The second kappa shape index (κ2) is 4.37. The molecule has 0 aromatic heterocycles. The summed E-state index contributed by atoms with van der Waals surface area (Å²) >= 11 is 0. The van der Waals surface area contributed by atoms with E-state index in [1.807, 2.05) is 0 Å². The number of hydrogen-bond acceptors (Lipinski definition) is 6. The molecule has 0 radical (unpaired) electrons. The van der Waals surface area contributed by atoms with Crippen molar-refractivity contribution in [3.8, 4) is 6.07 Å². The molecule has 1 fully saturated rings. The van der Waals surface area contributed by atoms with Gasteiger partial charge in [-0.2, -0.15) is 5.26 Å². The molecule has 1 N–H and O–H groups in total. The fourth-order valence-electron chi connectivity index (χ4n) is 1.66. The number of nitro benzene ring substituents is 1. The zero-order valence-corrected chi connectivity index (χ0v) is 8.74. The van der Waals surface area contributed by atoms with Crippen LogP contribution in [-0.4, -0.2) is 29.3 Å². The smallest absolute Gasteiger partial charge is 0.312 e. The molecule has 1 aliphatic heterocycles. The Bertz CT molecular complexity index is 497. The van der Waals surface area contributed by atoms with Crippen molar-refractivity contribution in [1.82, 2.24) is 0 Å². The van der Waals surface area contributed by atoms with E-state index in [1.165, 1.54) is 23.3 Å². The Kier molecular flexibility index (Phi) is 2.91. The second-order valence-corrected chi connectivity index (χ2v) is 3.55. The van der Waals surface area contributed by atoms with Gasteiger partial charge >= 0.3 is 5.69 Å². The first-order chi connectivity index (χ1) is 8.13. The maximum Gasteiger partial charge on any atom is 0.312 e. The third-order valence-electron chi connectivity index (χ3n) is 2.39. The summed E-state index contributed by atoms with van der Waals surface area (Å²) in [6.07, 6.45) is -0.680. The molecule has 88 valence electrons. The van der Waals surface area contributed by atoms with E-state index in [9.17, 15) is 15.2 Å². The lowest BCUT2D eigenvalue weighted by molar-refractivity contribution is -0.384. The van der Waals surface area contributed by atoms with Crippen LogP contribution in [0.3, 0.4) is 0 Å². The molecule has 0 saturated carbocycles. The normalized spacial score (nSPS) is 19.1. The fourth-order valence-corrected chi connectivity index (χ4v) is 1.66. The highest BCUT2D eigenvalue weighted by Gasteiger charge is 2.29. The van der Waals surface area contributed by atoms with Crippen LogP contribution in [0.25, 0.3) is 0 Å². The predicted octanol–water partition coefficient (Wildman–Crippen LogP) is 0.579. The Morgan fingerprint density at radius 2 is 2.41 bits per heavy atom. The molecule has 0 aliphatic carbocycles. The predicted molar refractivity (Wildman–Crippen MR) is 57.1 cm³/mol. The van der Waals surface area contributed by atoms with E-state index < -0.39 is 11.0 Å². The standard InChI is InChI=1S/C10H9N3O4/c11-4-7-2-1-3-9(10(7)13(15)16)12-5-8(14)6-17-12/h1-3,8,14H,5-6H2. The van der Waals surface area contributed by atoms with E-state index >= 15 is 0 Å². The van der Waals surface area contributed by atoms with Crippen molar-refractivity contribution >= 4 is 11.4 Å². The lowest BCUT2D eigenvalue weighted by Crippen LogP contribution is -2.21. The monoisotopic (exact) mass is 235 g/mol. The highest BCUT2D eigenvalue weighted by Crippen LogP contribution is 2.33. The minimum absolute atomic E-state index is 0.0301. The minimum atomic E-state index is -0.680. The van der Waals surface area contributed by atoms with Crippen molar-refractivity contribution in [2.75, 3.05) is 18.2 Å². The van der Waals surface area contributed by atoms with Gasteiger partial charge in [0.25, 0.3) is 0 Å². The average Bonchev–Trinajstić information content (AvgIpc) is 2.74. The van der Waals surface area contributed by atoms with Gasteiger partial charge in [0.1, 0.15) is 23.9 Å². The molecule has 7 heteroatoms. The number of nitro groups is 1. The van der Waals surface area contributed by atoms with E-state index in [2.05, 4.69) is 0 Å².